The Labute approximate surface area is 62.7 Å². The highest BCUT2D eigenvalue weighted by Crippen LogP contribution is 2.17. The van der Waals surface area contributed by atoms with E-state index in [4.69, 9.17) is 10.8 Å². The molecular weight excluding hydrogens is 126 g/mol. The number of aliphatic hydroxyl groups excluding tert-OH is 1. The standard InChI is InChI=1S/C8H17NO/c1-4-6(3)7(5-2)8(9)10/h5-8,10H,2,4,9H2,1,3H3. The number of rotatable bonds is 4. The topological polar surface area (TPSA) is 46.2 Å². The van der Waals surface area contributed by atoms with Crippen LogP contribution in [0.1, 0.15) is 20.3 Å². The van der Waals surface area contributed by atoms with Crippen LogP contribution in [-0.2, 0) is 0 Å². The summed E-state index contributed by atoms with van der Waals surface area (Å²) in [5.74, 6) is 0.447. The molecule has 0 spiro atoms. The molecule has 0 saturated carbocycles. The highest BCUT2D eigenvalue weighted by molar-refractivity contribution is 4.85. The maximum Gasteiger partial charge on any atom is 0.108 e. The van der Waals surface area contributed by atoms with E-state index in [2.05, 4.69) is 20.4 Å². The smallest absolute Gasteiger partial charge is 0.108 e. The number of nitrogens with two attached hydrogens (primary N) is 1. The summed E-state index contributed by atoms with van der Waals surface area (Å²) in [7, 11) is 0. The lowest BCUT2D eigenvalue weighted by atomic mass is 9.91. The molecule has 60 valence electrons. The van der Waals surface area contributed by atoms with Gasteiger partial charge in [-0.2, -0.15) is 0 Å². The van der Waals surface area contributed by atoms with E-state index < -0.39 is 6.23 Å². The lowest BCUT2D eigenvalue weighted by Gasteiger charge is -2.21. The van der Waals surface area contributed by atoms with E-state index in [1.54, 1.807) is 6.08 Å². The second-order valence-electron chi connectivity index (χ2n) is 2.69. The Morgan fingerprint density at radius 1 is 1.70 bits per heavy atom. The van der Waals surface area contributed by atoms with Crippen molar-refractivity contribution in [1.29, 1.82) is 0 Å². The van der Waals surface area contributed by atoms with Gasteiger partial charge in [-0.15, -0.1) is 6.58 Å². The van der Waals surface area contributed by atoms with Gasteiger partial charge in [-0.25, -0.2) is 0 Å². The number of hydrogen-bond donors (Lipinski definition) is 2. The van der Waals surface area contributed by atoms with Gasteiger partial charge in [0, 0.05) is 5.92 Å². The fourth-order valence-electron chi connectivity index (χ4n) is 0.981. The molecular formula is C8H17NO. The molecule has 0 fully saturated rings. The maximum atomic E-state index is 9.02. The van der Waals surface area contributed by atoms with Gasteiger partial charge >= 0.3 is 0 Å². The van der Waals surface area contributed by atoms with Crippen molar-refractivity contribution in [3.8, 4) is 0 Å². The second-order valence-corrected chi connectivity index (χ2v) is 2.69. The van der Waals surface area contributed by atoms with Gasteiger partial charge in [0.05, 0.1) is 0 Å². The van der Waals surface area contributed by atoms with Crippen molar-refractivity contribution in [2.45, 2.75) is 26.5 Å². The fourth-order valence-corrected chi connectivity index (χ4v) is 0.981. The summed E-state index contributed by atoms with van der Waals surface area (Å²) in [6.45, 7) is 7.74. The number of aliphatic hydroxyl groups is 1. The van der Waals surface area contributed by atoms with Crippen molar-refractivity contribution >= 4 is 0 Å². The summed E-state index contributed by atoms with van der Waals surface area (Å²) in [5, 5.41) is 9.02. The van der Waals surface area contributed by atoms with E-state index in [1.165, 1.54) is 0 Å². The molecule has 0 aromatic heterocycles. The molecule has 0 rings (SSSR count). The molecule has 3 unspecified atom stereocenters. The van der Waals surface area contributed by atoms with Crippen molar-refractivity contribution in [2.24, 2.45) is 17.6 Å². The minimum atomic E-state index is -0.757. The van der Waals surface area contributed by atoms with Gasteiger partial charge in [0.2, 0.25) is 0 Å². The summed E-state index contributed by atoms with van der Waals surface area (Å²) in [6.07, 6.45) is 1.98. The van der Waals surface area contributed by atoms with Gasteiger partial charge in [-0.3, -0.25) is 0 Å². The molecule has 0 amide bonds. The predicted octanol–water partition coefficient (Wildman–Crippen LogP) is 1.11. The average Bonchev–Trinajstić information content (AvgIpc) is 1.88. The third-order valence-electron chi connectivity index (χ3n) is 1.97. The Balaban J connectivity index is 3.92. The Morgan fingerprint density at radius 3 is 2.30 bits per heavy atom. The van der Waals surface area contributed by atoms with Crippen molar-refractivity contribution in [1.82, 2.24) is 0 Å². The molecule has 0 saturated heterocycles. The van der Waals surface area contributed by atoms with E-state index in [9.17, 15) is 0 Å². The molecule has 0 bridgehead atoms. The summed E-state index contributed by atoms with van der Waals surface area (Å²) < 4.78 is 0. The average molecular weight is 143 g/mol. The summed E-state index contributed by atoms with van der Waals surface area (Å²) in [6, 6.07) is 0. The molecule has 0 aromatic carbocycles. The van der Waals surface area contributed by atoms with E-state index in [-0.39, 0.29) is 5.92 Å². The maximum absolute atomic E-state index is 9.02. The first-order chi connectivity index (χ1) is 4.63. The van der Waals surface area contributed by atoms with Crippen LogP contribution in [0.3, 0.4) is 0 Å². The lowest BCUT2D eigenvalue weighted by molar-refractivity contribution is 0.108. The first-order valence-electron chi connectivity index (χ1n) is 3.69. The van der Waals surface area contributed by atoms with Crippen LogP contribution in [0.5, 0.6) is 0 Å². The Bertz CT molecular complexity index is 101. The van der Waals surface area contributed by atoms with Crippen LogP contribution in [0.15, 0.2) is 12.7 Å². The largest absolute Gasteiger partial charge is 0.378 e. The molecule has 3 atom stereocenters. The Kier molecular flexibility index (Phi) is 4.32. The van der Waals surface area contributed by atoms with Crippen LogP contribution in [-0.4, -0.2) is 11.3 Å². The van der Waals surface area contributed by atoms with Gasteiger partial charge in [0.25, 0.3) is 0 Å². The minimum absolute atomic E-state index is 0.0324. The zero-order chi connectivity index (χ0) is 8.15. The molecule has 0 aromatic rings. The lowest BCUT2D eigenvalue weighted by Crippen LogP contribution is -2.32. The van der Waals surface area contributed by atoms with Crippen LogP contribution in [0.25, 0.3) is 0 Å². The molecule has 10 heavy (non-hydrogen) atoms. The summed E-state index contributed by atoms with van der Waals surface area (Å²) in [4.78, 5) is 0. The number of hydrogen-bond acceptors (Lipinski definition) is 2. The normalized spacial score (nSPS) is 19.6. The summed E-state index contributed by atoms with van der Waals surface area (Å²) >= 11 is 0. The van der Waals surface area contributed by atoms with Crippen molar-refractivity contribution in [3.63, 3.8) is 0 Å². The minimum Gasteiger partial charge on any atom is -0.378 e. The molecule has 2 heteroatoms. The van der Waals surface area contributed by atoms with Gasteiger partial charge in [0.15, 0.2) is 0 Å². The molecule has 0 radical (unpaired) electrons. The molecule has 2 nitrogen and oxygen atoms in total. The third-order valence-corrected chi connectivity index (χ3v) is 1.97. The Hall–Kier alpha value is -0.340. The SMILES string of the molecule is C=CC(C(N)O)C(C)CC. The van der Waals surface area contributed by atoms with E-state index >= 15 is 0 Å². The van der Waals surface area contributed by atoms with Gasteiger partial charge in [-0.05, 0) is 5.92 Å². The molecule has 3 N–H and O–H groups in total. The van der Waals surface area contributed by atoms with E-state index in [1.807, 2.05) is 0 Å². The first-order valence-corrected chi connectivity index (χ1v) is 3.69. The fraction of sp³-hybridized carbons (Fsp3) is 0.750. The van der Waals surface area contributed by atoms with Gasteiger partial charge in [-0.1, -0.05) is 26.3 Å². The Morgan fingerprint density at radius 2 is 2.20 bits per heavy atom. The monoisotopic (exact) mass is 143 g/mol. The molecule has 0 aliphatic carbocycles. The molecule has 0 heterocycles. The third kappa shape index (κ3) is 2.50. The molecule has 0 aliphatic rings. The first kappa shape index (κ1) is 9.66. The zero-order valence-corrected chi connectivity index (χ0v) is 6.75. The quantitative estimate of drug-likeness (QED) is 0.457. The zero-order valence-electron chi connectivity index (χ0n) is 6.75. The van der Waals surface area contributed by atoms with E-state index in [0.717, 1.165) is 6.42 Å². The van der Waals surface area contributed by atoms with Crippen molar-refractivity contribution in [3.05, 3.63) is 12.7 Å². The van der Waals surface area contributed by atoms with Crippen LogP contribution < -0.4 is 5.73 Å². The van der Waals surface area contributed by atoms with Gasteiger partial charge < -0.3 is 10.8 Å². The van der Waals surface area contributed by atoms with Crippen LogP contribution in [0.4, 0.5) is 0 Å². The second kappa shape index (κ2) is 4.47. The van der Waals surface area contributed by atoms with Crippen LogP contribution in [0.2, 0.25) is 0 Å². The highest BCUT2D eigenvalue weighted by Gasteiger charge is 2.16. The van der Waals surface area contributed by atoms with Crippen LogP contribution >= 0.6 is 0 Å². The molecule has 0 aliphatic heterocycles. The van der Waals surface area contributed by atoms with Crippen molar-refractivity contribution < 1.29 is 5.11 Å². The van der Waals surface area contributed by atoms with Crippen molar-refractivity contribution in [2.75, 3.05) is 0 Å². The predicted molar refractivity (Wildman–Crippen MR) is 43.3 cm³/mol. The van der Waals surface area contributed by atoms with Gasteiger partial charge in [0.1, 0.15) is 6.23 Å². The highest BCUT2D eigenvalue weighted by atomic mass is 16.3. The van der Waals surface area contributed by atoms with Crippen LogP contribution in [0, 0.1) is 11.8 Å². The summed E-state index contributed by atoms with van der Waals surface area (Å²) in [5.41, 5.74) is 5.31. The van der Waals surface area contributed by atoms with E-state index in [0.29, 0.717) is 5.92 Å².